The lowest BCUT2D eigenvalue weighted by Gasteiger charge is -2.20. The van der Waals surface area contributed by atoms with Gasteiger partial charge in [-0.2, -0.15) is 13.2 Å². The second-order valence-corrected chi connectivity index (χ2v) is 7.02. The summed E-state index contributed by atoms with van der Waals surface area (Å²) >= 11 is 0. The Balaban J connectivity index is 2.02. The molecule has 3 rings (SSSR count). The van der Waals surface area contributed by atoms with Crippen LogP contribution >= 0.6 is 0 Å². The summed E-state index contributed by atoms with van der Waals surface area (Å²) in [6, 6.07) is -0.127. The van der Waals surface area contributed by atoms with E-state index < -0.39 is 35.2 Å². The highest BCUT2D eigenvalue weighted by Gasteiger charge is 2.37. The van der Waals surface area contributed by atoms with Crippen molar-refractivity contribution in [1.29, 1.82) is 0 Å². The third kappa shape index (κ3) is 6.09. The highest BCUT2D eigenvalue weighted by Crippen LogP contribution is 2.35. The standard InChI is InChI=1S/C21H21F5N6O/c1-12(21(24,25)26)31-19-14(10-30-20(32-19)17-11-28-5-6-29-17)18-15(22)8-13(9-16(18)23)33-7-3-4-27-2/h5-6,8-12,27H,3-4,7H2,1-2H3,(H,30,31,32)/t12-/m0/s1. The van der Waals surface area contributed by atoms with E-state index >= 15 is 0 Å². The van der Waals surface area contributed by atoms with Crippen molar-refractivity contribution in [3.8, 4) is 28.4 Å². The van der Waals surface area contributed by atoms with Crippen LogP contribution in [0.3, 0.4) is 0 Å². The summed E-state index contributed by atoms with van der Waals surface area (Å²) in [5.74, 6) is -2.57. The first-order chi connectivity index (χ1) is 15.7. The summed E-state index contributed by atoms with van der Waals surface area (Å²) < 4.78 is 74.7. The molecule has 0 aliphatic rings. The molecule has 0 aliphatic heterocycles. The molecule has 12 heteroatoms. The lowest BCUT2D eigenvalue weighted by Crippen LogP contribution is -2.33. The number of ether oxygens (including phenoxy) is 1. The maximum atomic E-state index is 14.9. The average molecular weight is 468 g/mol. The van der Waals surface area contributed by atoms with Gasteiger partial charge in [0.25, 0.3) is 0 Å². The van der Waals surface area contributed by atoms with Gasteiger partial charge in [0.2, 0.25) is 0 Å². The summed E-state index contributed by atoms with van der Waals surface area (Å²) in [5.41, 5.74) is -0.686. The van der Waals surface area contributed by atoms with Gasteiger partial charge in [-0.05, 0) is 26.9 Å². The maximum absolute atomic E-state index is 14.9. The molecule has 33 heavy (non-hydrogen) atoms. The molecule has 0 radical (unpaired) electrons. The molecule has 0 bridgehead atoms. The predicted octanol–water partition coefficient (Wildman–Crippen LogP) is 4.23. The minimum atomic E-state index is -4.63. The molecule has 7 nitrogen and oxygen atoms in total. The fourth-order valence-electron chi connectivity index (χ4n) is 2.83. The van der Waals surface area contributed by atoms with Gasteiger partial charge in [0.1, 0.15) is 34.9 Å². The van der Waals surface area contributed by atoms with E-state index in [0.717, 1.165) is 25.3 Å². The highest BCUT2D eigenvalue weighted by molar-refractivity contribution is 5.77. The van der Waals surface area contributed by atoms with Gasteiger partial charge in [-0.3, -0.25) is 4.98 Å². The molecule has 0 spiro atoms. The number of hydrogen-bond acceptors (Lipinski definition) is 7. The molecule has 2 aromatic heterocycles. The molecule has 3 aromatic rings. The first-order valence-corrected chi connectivity index (χ1v) is 9.94. The number of nitrogens with one attached hydrogen (secondary N) is 2. The second kappa shape index (κ2) is 10.5. The summed E-state index contributed by atoms with van der Waals surface area (Å²) in [4.78, 5) is 15.9. The number of hydrogen-bond donors (Lipinski definition) is 2. The van der Waals surface area contributed by atoms with Crippen LogP contribution in [0.1, 0.15) is 13.3 Å². The minimum Gasteiger partial charge on any atom is -0.493 e. The number of halogens is 5. The van der Waals surface area contributed by atoms with Crippen molar-refractivity contribution >= 4 is 5.82 Å². The Bertz CT molecular complexity index is 1060. The number of nitrogens with zero attached hydrogens (tertiary/aromatic N) is 4. The number of rotatable bonds is 9. The van der Waals surface area contributed by atoms with Crippen LogP contribution in [0.25, 0.3) is 22.6 Å². The SMILES string of the molecule is CNCCCOc1cc(F)c(-c2cnc(-c3cnccn3)nc2N[C@@H](C)C(F)(F)F)c(F)c1. The van der Waals surface area contributed by atoms with E-state index in [4.69, 9.17) is 4.74 Å². The van der Waals surface area contributed by atoms with Crippen molar-refractivity contribution in [3.05, 3.63) is 48.6 Å². The van der Waals surface area contributed by atoms with Crippen LogP contribution in [-0.2, 0) is 0 Å². The van der Waals surface area contributed by atoms with Gasteiger partial charge in [-0.15, -0.1) is 0 Å². The van der Waals surface area contributed by atoms with Crippen molar-refractivity contribution in [2.45, 2.75) is 25.6 Å². The van der Waals surface area contributed by atoms with Crippen LogP contribution in [0.4, 0.5) is 27.8 Å². The third-order valence-electron chi connectivity index (χ3n) is 4.55. The summed E-state index contributed by atoms with van der Waals surface area (Å²) in [6.45, 7) is 1.75. The van der Waals surface area contributed by atoms with Crippen LogP contribution in [0.2, 0.25) is 0 Å². The van der Waals surface area contributed by atoms with Crippen molar-refractivity contribution < 1.29 is 26.7 Å². The van der Waals surface area contributed by atoms with Gasteiger partial charge >= 0.3 is 6.18 Å². The first-order valence-electron chi connectivity index (χ1n) is 9.94. The van der Waals surface area contributed by atoms with Gasteiger partial charge < -0.3 is 15.4 Å². The molecule has 0 aliphatic carbocycles. The Morgan fingerprint density at radius 3 is 2.39 bits per heavy atom. The van der Waals surface area contributed by atoms with Crippen LogP contribution in [0.5, 0.6) is 5.75 Å². The molecule has 0 saturated heterocycles. The van der Waals surface area contributed by atoms with Crippen LogP contribution in [0.15, 0.2) is 36.9 Å². The Morgan fingerprint density at radius 2 is 1.79 bits per heavy atom. The largest absolute Gasteiger partial charge is 0.493 e. The van der Waals surface area contributed by atoms with Gasteiger partial charge in [0.05, 0.1) is 18.4 Å². The van der Waals surface area contributed by atoms with Crippen molar-refractivity contribution in [1.82, 2.24) is 25.3 Å². The number of aromatic nitrogens is 4. The second-order valence-electron chi connectivity index (χ2n) is 7.02. The van der Waals surface area contributed by atoms with E-state index in [1.54, 1.807) is 7.05 Å². The molecule has 0 unspecified atom stereocenters. The van der Waals surface area contributed by atoms with E-state index in [9.17, 15) is 22.0 Å². The van der Waals surface area contributed by atoms with Crippen LogP contribution in [0, 0.1) is 11.6 Å². The van der Waals surface area contributed by atoms with Crippen molar-refractivity contribution in [3.63, 3.8) is 0 Å². The van der Waals surface area contributed by atoms with E-state index in [0.29, 0.717) is 13.0 Å². The third-order valence-corrected chi connectivity index (χ3v) is 4.55. The Kier molecular flexibility index (Phi) is 7.69. The topological polar surface area (TPSA) is 84.8 Å². The molecular weight excluding hydrogens is 447 g/mol. The monoisotopic (exact) mass is 468 g/mol. The molecule has 2 N–H and O–H groups in total. The van der Waals surface area contributed by atoms with Gasteiger partial charge in [-0.1, -0.05) is 0 Å². The van der Waals surface area contributed by atoms with E-state index in [1.165, 1.54) is 18.6 Å². The summed E-state index contributed by atoms with van der Waals surface area (Å²) in [7, 11) is 1.76. The Hall–Kier alpha value is -3.41. The predicted molar refractivity (Wildman–Crippen MR) is 112 cm³/mol. The Morgan fingerprint density at radius 1 is 1.06 bits per heavy atom. The lowest BCUT2D eigenvalue weighted by molar-refractivity contribution is -0.138. The van der Waals surface area contributed by atoms with Crippen LogP contribution < -0.4 is 15.4 Å². The van der Waals surface area contributed by atoms with E-state index in [-0.39, 0.29) is 29.4 Å². The molecule has 176 valence electrons. The average Bonchev–Trinajstić information content (AvgIpc) is 2.77. The first kappa shape index (κ1) is 24.2. The normalized spacial score (nSPS) is 12.5. The molecule has 0 saturated carbocycles. The zero-order valence-corrected chi connectivity index (χ0v) is 17.7. The fourth-order valence-corrected chi connectivity index (χ4v) is 2.83. The van der Waals surface area contributed by atoms with E-state index in [1.807, 2.05) is 0 Å². The summed E-state index contributed by atoms with van der Waals surface area (Å²) in [6.07, 6.45) is 1.09. The van der Waals surface area contributed by atoms with E-state index in [2.05, 4.69) is 30.6 Å². The fraction of sp³-hybridized carbons (Fsp3) is 0.333. The molecule has 2 heterocycles. The minimum absolute atomic E-state index is 0.0416. The molecule has 1 atom stereocenters. The Labute approximate surface area is 186 Å². The van der Waals surface area contributed by atoms with Crippen molar-refractivity contribution in [2.24, 2.45) is 0 Å². The quantitative estimate of drug-likeness (QED) is 0.359. The highest BCUT2D eigenvalue weighted by atomic mass is 19.4. The van der Waals surface area contributed by atoms with Gasteiger partial charge in [0, 0.05) is 36.3 Å². The number of benzene rings is 1. The van der Waals surface area contributed by atoms with Gasteiger partial charge in [-0.25, -0.2) is 23.7 Å². The zero-order valence-electron chi connectivity index (χ0n) is 17.7. The smallest absolute Gasteiger partial charge is 0.408 e. The summed E-state index contributed by atoms with van der Waals surface area (Å²) in [5, 5.41) is 5.10. The molecule has 0 amide bonds. The van der Waals surface area contributed by atoms with Gasteiger partial charge in [0.15, 0.2) is 5.82 Å². The lowest BCUT2D eigenvalue weighted by atomic mass is 10.1. The van der Waals surface area contributed by atoms with Crippen molar-refractivity contribution in [2.75, 3.05) is 25.5 Å². The van der Waals surface area contributed by atoms with Crippen LogP contribution in [-0.4, -0.2) is 52.4 Å². The zero-order chi connectivity index (χ0) is 24.0. The maximum Gasteiger partial charge on any atom is 0.408 e. The molecular formula is C21H21F5N6O. The molecule has 0 fully saturated rings. The molecule has 1 aromatic carbocycles. The number of anilines is 1. The number of alkyl halides is 3.